The number of amides is 2. The third-order valence-corrected chi connectivity index (χ3v) is 5.69. The lowest BCUT2D eigenvalue weighted by atomic mass is 9.65. The van der Waals surface area contributed by atoms with E-state index >= 15 is 0 Å². The van der Waals surface area contributed by atoms with Crippen LogP contribution >= 0.6 is 11.6 Å². The van der Waals surface area contributed by atoms with Crippen molar-refractivity contribution in [2.24, 2.45) is 5.41 Å². The summed E-state index contributed by atoms with van der Waals surface area (Å²) in [4.78, 5) is 29.3. The SMILES string of the molecule is CC(C)(C)C1(Cc2ccc(C(F)(F)F)cc2)C(c2cccc(Cl)n2)OC(=O)N1C(=O)[O-]. The van der Waals surface area contributed by atoms with Gasteiger partial charge in [-0.1, -0.05) is 50.6 Å². The molecule has 2 atom stereocenters. The summed E-state index contributed by atoms with van der Waals surface area (Å²) in [7, 11) is 0. The number of halogens is 4. The Morgan fingerprint density at radius 2 is 1.81 bits per heavy atom. The largest absolute Gasteiger partial charge is 0.529 e. The molecule has 2 unspecified atom stereocenters. The highest BCUT2D eigenvalue weighted by molar-refractivity contribution is 6.29. The topological polar surface area (TPSA) is 82.6 Å². The fraction of sp³-hybridized carbons (Fsp3) is 0.381. The summed E-state index contributed by atoms with van der Waals surface area (Å²) in [5, 5.41) is 12.1. The third kappa shape index (κ3) is 4.06. The molecule has 1 aliphatic rings. The molecule has 10 heteroatoms. The highest BCUT2D eigenvalue weighted by Gasteiger charge is 2.62. The van der Waals surface area contributed by atoms with Gasteiger partial charge in [0.1, 0.15) is 16.8 Å². The van der Waals surface area contributed by atoms with Gasteiger partial charge in [-0.15, -0.1) is 0 Å². The van der Waals surface area contributed by atoms with Gasteiger partial charge in [-0.2, -0.15) is 13.2 Å². The summed E-state index contributed by atoms with van der Waals surface area (Å²) in [5.41, 5.74) is -2.76. The summed E-state index contributed by atoms with van der Waals surface area (Å²) >= 11 is 5.99. The number of nitrogens with zero attached hydrogens (tertiary/aromatic N) is 2. The van der Waals surface area contributed by atoms with Gasteiger partial charge in [0, 0.05) is 6.42 Å². The molecule has 3 rings (SSSR count). The Labute approximate surface area is 181 Å². The number of benzene rings is 1. The molecule has 0 spiro atoms. The molecule has 1 fully saturated rings. The molecular weight excluding hydrogens is 437 g/mol. The van der Waals surface area contributed by atoms with E-state index in [9.17, 15) is 27.9 Å². The van der Waals surface area contributed by atoms with Crippen LogP contribution in [0.2, 0.25) is 5.15 Å². The van der Waals surface area contributed by atoms with Crippen molar-refractivity contribution in [3.8, 4) is 0 Å². The number of carbonyl (C=O) groups is 2. The standard InChI is InChI=1S/C21H20ClF3N2O4/c1-19(2,3)20(11-12-7-9-13(10-8-12)21(23,24)25)16(14-5-4-6-15(22)26-14)31-18(30)27(20)17(28)29/h4-10,16H,11H2,1-3H3,(H,28,29)/p-1. The minimum absolute atomic E-state index is 0.109. The summed E-state index contributed by atoms with van der Waals surface area (Å²) in [6.07, 6.45) is -8.74. The first-order valence-electron chi connectivity index (χ1n) is 9.28. The van der Waals surface area contributed by atoms with Crippen LogP contribution in [0.5, 0.6) is 0 Å². The first-order chi connectivity index (χ1) is 14.3. The van der Waals surface area contributed by atoms with E-state index in [4.69, 9.17) is 16.3 Å². The minimum atomic E-state index is -4.52. The van der Waals surface area contributed by atoms with Gasteiger partial charge in [-0.3, -0.25) is 4.90 Å². The lowest BCUT2D eigenvalue weighted by Crippen LogP contribution is -2.63. The molecule has 31 heavy (non-hydrogen) atoms. The van der Waals surface area contributed by atoms with Crippen LogP contribution < -0.4 is 5.11 Å². The van der Waals surface area contributed by atoms with E-state index in [1.165, 1.54) is 24.3 Å². The Kier molecular flexibility index (Phi) is 5.69. The van der Waals surface area contributed by atoms with Crippen LogP contribution in [0.4, 0.5) is 22.8 Å². The number of carboxylic acid groups (broad SMARTS) is 1. The van der Waals surface area contributed by atoms with Gasteiger partial charge in [0.2, 0.25) is 0 Å². The summed E-state index contributed by atoms with van der Waals surface area (Å²) in [5.74, 6) is 0. The molecule has 1 aliphatic heterocycles. The zero-order valence-corrected chi connectivity index (χ0v) is 17.6. The fourth-order valence-corrected chi connectivity index (χ4v) is 4.10. The normalized spacial score (nSPS) is 21.8. The van der Waals surface area contributed by atoms with Crippen molar-refractivity contribution in [1.29, 1.82) is 0 Å². The number of aromatic nitrogens is 1. The quantitative estimate of drug-likeness (QED) is 0.631. The van der Waals surface area contributed by atoms with Crippen LogP contribution in [-0.4, -0.2) is 27.6 Å². The second kappa shape index (κ2) is 7.71. The zero-order valence-electron chi connectivity index (χ0n) is 16.9. The van der Waals surface area contributed by atoms with E-state index in [0.717, 1.165) is 12.1 Å². The van der Waals surface area contributed by atoms with Crippen molar-refractivity contribution >= 4 is 23.8 Å². The van der Waals surface area contributed by atoms with Gasteiger partial charge >= 0.3 is 12.3 Å². The van der Waals surface area contributed by atoms with Crippen molar-refractivity contribution < 1.29 is 32.6 Å². The highest BCUT2D eigenvalue weighted by Crippen LogP contribution is 2.53. The molecule has 1 aromatic heterocycles. The van der Waals surface area contributed by atoms with Gasteiger partial charge in [0.15, 0.2) is 6.10 Å². The van der Waals surface area contributed by atoms with Crippen molar-refractivity contribution in [3.05, 3.63) is 64.4 Å². The van der Waals surface area contributed by atoms with Crippen LogP contribution in [0.1, 0.15) is 43.7 Å². The lowest BCUT2D eigenvalue weighted by Gasteiger charge is -2.48. The Bertz CT molecular complexity index is 1000. The average Bonchev–Trinajstić information content (AvgIpc) is 2.94. The highest BCUT2D eigenvalue weighted by atomic mass is 35.5. The zero-order chi connectivity index (χ0) is 23.2. The summed E-state index contributed by atoms with van der Waals surface area (Å²) < 4.78 is 44.3. The van der Waals surface area contributed by atoms with Crippen LogP contribution in [0.25, 0.3) is 0 Å². The van der Waals surface area contributed by atoms with Crippen LogP contribution in [0.3, 0.4) is 0 Å². The number of carbonyl (C=O) groups excluding carboxylic acids is 2. The van der Waals surface area contributed by atoms with E-state index in [0.29, 0.717) is 10.5 Å². The molecule has 0 saturated carbocycles. The predicted octanol–water partition coefficient (Wildman–Crippen LogP) is 4.62. The maximum Gasteiger partial charge on any atom is 0.416 e. The first-order valence-corrected chi connectivity index (χ1v) is 9.65. The summed E-state index contributed by atoms with van der Waals surface area (Å²) in [6.45, 7) is 5.10. The van der Waals surface area contributed by atoms with Crippen LogP contribution in [0, 0.1) is 5.41 Å². The fourth-order valence-electron chi connectivity index (χ4n) is 3.93. The number of alkyl halides is 3. The lowest BCUT2D eigenvalue weighted by molar-refractivity contribution is -0.268. The number of pyridine rings is 1. The van der Waals surface area contributed by atoms with E-state index in [2.05, 4.69) is 4.98 Å². The molecule has 2 amide bonds. The molecule has 0 aliphatic carbocycles. The molecule has 1 aromatic carbocycles. The molecule has 6 nitrogen and oxygen atoms in total. The Morgan fingerprint density at radius 1 is 1.19 bits per heavy atom. The van der Waals surface area contributed by atoms with Gasteiger partial charge in [0.25, 0.3) is 0 Å². The molecule has 2 aromatic rings. The Morgan fingerprint density at radius 3 is 2.29 bits per heavy atom. The van der Waals surface area contributed by atoms with Crippen molar-refractivity contribution in [2.75, 3.05) is 0 Å². The maximum absolute atomic E-state index is 12.9. The molecule has 166 valence electrons. The molecule has 0 bridgehead atoms. The Hall–Kier alpha value is -2.81. The number of hydrogen-bond donors (Lipinski definition) is 0. The molecular formula is C21H19ClF3N2O4-. The van der Waals surface area contributed by atoms with Gasteiger partial charge in [-0.25, -0.2) is 9.78 Å². The number of cyclic esters (lactones) is 1. The second-order valence-electron chi connectivity index (χ2n) is 8.30. The number of imide groups is 1. The molecule has 1 saturated heterocycles. The number of hydrogen-bond acceptors (Lipinski definition) is 5. The number of ether oxygens (including phenoxy) is 1. The monoisotopic (exact) mass is 455 g/mol. The van der Waals surface area contributed by atoms with Gasteiger partial charge < -0.3 is 14.6 Å². The average molecular weight is 456 g/mol. The molecule has 2 heterocycles. The maximum atomic E-state index is 12.9. The van der Waals surface area contributed by atoms with Gasteiger partial charge in [-0.05, 0) is 35.2 Å². The van der Waals surface area contributed by atoms with E-state index in [-0.39, 0.29) is 17.3 Å². The second-order valence-corrected chi connectivity index (χ2v) is 8.68. The third-order valence-electron chi connectivity index (χ3n) is 5.48. The van der Waals surface area contributed by atoms with Crippen LogP contribution in [-0.2, 0) is 17.3 Å². The predicted molar refractivity (Wildman–Crippen MR) is 103 cm³/mol. The Balaban J connectivity index is 2.18. The van der Waals surface area contributed by atoms with Crippen molar-refractivity contribution in [2.45, 2.75) is 45.0 Å². The number of rotatable bonds is 3. The molecule has 0 radical (unpaired) electrons. The van der Waals surface area contributed by atoms with Crippen LogP contribution in [0.15, 0.2) is 42.5 Å². The van der Waals surface area contributed by atoms with Crippen molar-refractivity contribution in [3.63, 3.8) is 0 Å². The van der Waals surface area contributed by atoms with Gasteiger partial charge in [0.05, 0.1) is 11.3 Å². The summed E-state index contributed by atoms with van der Waals surface area (Å²) in [6, 6.07) is 8.91. The first kappa shape index (κ1) is 22.9. The van der Waals surface area contributed by atoms with E-state index in [1.807, 2.05) is 0 Å². The van der Waals surface area contributed by atoms with Crippen molar-refractivity contribution in [1.82, 2.24) is 9.88 Å². The van der Waals surface area contributed by atoms with E-state index < -0.39 is 41.0 Å². The smallest absolute Gasteiger partial charge is 0.416 e. The van der Waals surface area contributed by atoms with E-state index in [1.54, 1.807) is 26.8 Å². The minimum Gasteiger partial charge on any atom is -0.529 e. The molecule has 0 N–H and O–H groups in total.